The Bertz CT molecular complexity index is 89.6. The smallest absolute Gasteiger partial charge is 0.0226 e. The molecule has 0 fully saturated rings. The molecule has 0 heterocycles. The Morgan fingerprint density at radius 3 is 1.82 bits per heavy atom. The third-order valence-corrected chi connectivity index (χ3v) is 1.96. The number of unbranched alkanes of at least 4 members (excludes halogenated alkanes) is 3. The molecule has 2 heteroatoms. The van der Waals surface area contributed by atoms with Gasteiger partial charge >= 0.3 is 0 Å². The first-order valence-electron chi connectivity index (χ1n) is 4.18. The summed E-state index contributed by atoms with van der Waals surface area (Å²) in [5.74, 6) is 1.56. The summed E-state index contributed by atoms with van der Waals surface area (Å²) in [6.07, 6.45) is 10.1. The van der Waals surface area contributed by atoms with Crippen molar-refractivity contribution < 1.29 is 0 Å². The molecule has 0 saturated heterocycles. The lowest BCUT2D eigenvalue weighted by molar-refractivity contribution is 0.815. The van der Waals surface area contributed by atoms with Crippen LogP contribution in [0.5, 0.6) is 0 Å². The van der Waals surface area contributed by atoms with Gasteiger partial charge in [0.2, 0.25) is 0 Å². The molecule has 0 spiro atoms. The van der Waals surface area contributed by atoms with E-state index in [0.717, 1.165) is 37.4 Å². The van der Waals surface area contributed by atoms with Crippen LogP contribution in [0.15, 0.2) is 12.2 Å². The van der Waals surface area contributed by atoms with Crippen molar-refractivity contribution in [3.63, 3.8) is 0 Å². The van der Waals surface area contributed by atoms with E-state index in [-0.39, 0.29) is 0 Å². The minimum atomic E-state index is 0.770. The van der Waals surface area contributed by atoms with Crippen LogP contribution in [0.4, 0.5) is 0 Å². The van der Waals surface area contributed by atoms with Crippen LogP contribution >= 0.6 is 23.2 Å². The molecule has 0 amide bonds. The third-order valence-electron chi connectivity index (χ3n) is 1.43. The van der Waals surface area contributed by atoms with E-state index in [0.29, 0.717) is 0 Å². The molecule has 11 heavy (non-hydrogen) atoms. The Balaban J connectivity index is 2.91. The van der Waals surface area contributed by atoms with Gasteiger partial charge in [-0.25, -0.2) is 0 Å². The van der Waals surface area contributed by atoms with Crippen LogP contribution in [-0.2, 0) is 0 Å². The second-order valence-electron chi connectivity index (χ2n) is 2.49. The van der Waals surface area contributed by atoms with Gasteiger partial charge in [-0.2, -0.15) is 0 Å². The van der Waals surface area contributed by atoms with Crippen molar-refractivity contribution in [2.24, 2.45) is 0 Å². The number of halogens is 2. The van der Waals surface area contributed by atoms with E-state index in [4.69, 9.17) is 23.2 Å². The lowest BCUT2D eigenvalue weighted by atomic mass is 10.2. The Labute approximate surface area is 79.6 Å². The summed E-state index contributed by atoms with van der Waals surface area (Å²) >= 11 is 11.0. The van der Waals surface area contributed by atoms with Crippen molar-refractivity contribution in [1.82, 2.24) is 0 Å². The van der Waals surface area contributed by atoms with Crippen molar-refractivity contribution in [1.29, 1.82) is 0 Å². The number of hydrogen-bond donors (Lipinski definition) is 0. The van der Waals surface area contributed by atoms with E-state index in [1.165, 1.54) is 6.42 Å². The van der Waals surface area contributed by atoms with Crippen molar-refractivity contribution in [2.75, 3.05) is 11.8 Å². The summed E-state index contributed by atoms with van der Waals surface area (Å²) in [4.78, 5) is 0. The Kier molecular flexibility index (Phi) is 10.6. The van der Waals surface area contributed by atoms with Gasteiger partial charge in [0.15, 0.2) is 0 Å². The van der Waals surface area contributed by atoms with Crippen molar-refractivity contribution in [3.8, 4) is 0 Å². The first-order valence-corrected chi connectivity index (χ1v) is 5.25. The lowest BCUT2D eigenvalue weighted by Crippen LogP contribution is -1.75. The predicted octanol–water partition coefficient (Wildman–Crippen LogP) is 3.97. The molecule has 0 rings (SSSR count). The molecule has 0 saturated carbocycles. The van der Waals surface area contributed by atoms with Crippen LogP contribution < -0.4 is 0 Å². The zero-order valence-corrected chi connectivity index (χ0v) is 8.37. The lowest BCUT2D eigenvalue weighted by Gasteiger charge is -1.90. The molecule has 0 unspecified atom stereocenters. The highest BCUT2D eigenvalue weighted by atomic mass is 35.5. The van der Waals surface area contributed by atoms with Gasteiger partial charge in [-0.3, -0.25) is 0 Å². The molecule has 0 aliphatic rings. The van der Waals surface area contributed by atoms with Gasteiger partial charge in [0, 0.05) is 11.8 Å². The Morgan fingerprint density at radius 2 is 1.27 bits per heavy atom. The highest BCUT2D eigenvalue weighted by Crippen LogP contribution is 2.00. The second kappa shape index (κ2) is 10.3. The summed E-state index contributed by atoms with van der Waals surface area (Å²) in [5.41, 5.74) is 0. The van der Waals surface area contributed by atoms with Crippen molar-refractivity contribution >= 4 is 23.2 Å². The molecule has 0 aromatic rings. The SMILES string of the molecule is ClCCCC=CCCCCCl. The molecular formula is C9H16Cl2. The molecular weight excluding hydrogens is 179 g/mol. The number of rotatable bonds is 7. The van der Waals surface area contributed by atoms with Crippen LogP contribution in [0.3, 0.4) is 0 Å². The van der Waals surface area contributed by atoms with Gasteiger partial charge in [-0.05, 0) is 32.1 Å². The summed E-state index contributed by atoms with van der Waals surface area (Å²) < 4.78 is 0. The van der Waals surface area contributed by atoms with Crippen LogP contribution in [0.25, 0.3) is 0 Å². The van der Waals surface area contributed by atoms with E-state index >= 15 is 0 Å². The van der Waals surface area contributed by atoms with Gasteiger partial charge in [-0.1, -0.05) is 12.2 Å². The fourth-order valence-corrected chi connectivity index (χ4v) is 1.13. The zero-order valence-electron chi connectivity index (χ0n) is 6.86. The minimum Gasteiger partial charge on any atom is -0.127 e. The molecule has 66 valence electrons. The molecule has 0 nitrogen and oxygen atoms in total. The topological polar surface area (TPSA) is 0 Å². The normalized spacial score (nSPS) is 11.1. The number of allylic oxidation sites excluding steroid dienone is 2. The predicted molar refractivity (Wildman–Crippen MR) is 53.7 cm³/mol. The van der Waals surface area contributed by atoms with Gasteiger partial charge in [0.05, 0.1) is 0 Å². The molecule has 0 aliphatic heterocycles. The number of alkyl halides is 2. The van der Waals surface area contributed by atoms with Gasteiger partial charge in [0.1, 0.15) is 0 Å². The molecule has 0 N–H and O–H groups in total. The molecule has 0 radical (unpaired) electrons. The Hall–Kier alpha value is 0.320. The molecule has 0 aliphatic carbocycles. The van der Waals surface area contributed by atoms with E-state index in [1.807, 2.05) is 0 Å². The average molecular weight is 195 g/mol. The number of hydrogen-bond acceptors (Lipinski definition) is 0. The maximum atomic E-state index is 5.52. The standard InChI is InChI=1S/C9H16Cl2/c10-8-6-4-2-1-3-5-7-9-11/h1-2H,3-9H2. The fraction of sp³-hybridized carbons (Fsp3) is 0.778. The second-order valence-corrected chi connectivity index (χ2v) is 3.24. The monoisotopic (exact) mass is 194 g/mol. The summed E-state index contributed by atoms with van der Waals surface area (Å²) in [6, 6.07) is 0. The van der Waals surface area contributed by atoms with Crippen LogP contribution in [0.1, 0.15) is 32.1 Å². The largest absolute Gasteiger partial charge is 0.127 e. The maximum Gasteiger partial charge on any atom is 0.0226 e. The highest BCUT2D eigenvalue weighted by molar-refractivity contribution is 6.18. The highest BCUT2D eigenvalue weighted by Gasteiger charge is 1.82. The minimum absolute atomic E-state index is 0.770. The van der Waals surface area contributed by atoms with E-state index < -0.39 is 0 Å². The average Bonchev–Trinajstić information content (AvgIpc) is 2.03. The fourth-order valence-electron chi connectivity index (χ4n) is 0.787. The molecule has 0 atom stereocenters. The molecule has 0 aromatic heterocycles. The van der Waals surface area contributed by atoms with E-state index in [1.54, 1.807) is 0 Å². The van der Waals surface area contributed by atoms with Crippen LogP contribution in [0.2, 0.25) is 0 Å². The van der Waals surface area contributed by atoms with Crippen LogP contribution in [-0.4, -0.2) is 11.8 Å². The summed E-state index contributed by atoms with van der Waals surface area (Å²) in [5, 5.41) is 0. The molecule has 0 aromatic carbocycles. The van der Waals surface area contributed by atoms with E-state index in [2.05, 4.69) is 12.2 Å². The maximum absolute atomic E-state index is 5.52. The van der Waals surface area contributed by atoms with E-state index in [9.17, 15) is 0 Å². The van der Waals surface area contributed by atoms with Gasteiger partial charge < -0.3 is 0 Å². The Morgan fingerprint density at radius 1 is 0.727 bits per heavy atom. The zero-order chi connectivity index (χ0) is 8.36. The first-order chi connectivity index (χ1) is 5.41. The van der Waals surface area contributed by atoms with Gasteiger partial charge in [-0.15, -0.1) is 23.2 Å². The van der Waals surface area contributed by atoms with Crippen LogP contribution in [0, 0.1) is 0 Å². The molecule has 0 bridgehead atoms. The van der Waals surface area contributed by atoms with Crippen molar-refractivity contribution in [2.45, 2.75) is 32.1 Å². The summed E-state index contributed by atoms with van der Waals surface area (Å²) in [7, 11) is 0. The van der Waals surface area contributed by atoms with Crippen molar-refractivity contribution in [3.05, 3.63) is 12.2 Å². The third kappa shape index (κ3) is 10.3. The van der Waals surface area contributed by atoms with Gasteiger partial charge in [0.25, 0.3) is 0 Å². The summed E-state index contributed by atoms with van der Waals surface area (Å²) in [6.45, 7) is 0. The quantitative estimate of drug-likeness (QED) is 0.327. The first kappa shape index (κ1) is 11.3.